The molecule has 19 heavy (non-hydrogen) atoms. The van der Waals surface area contributed by atoms with Crippen molar-refractivity contribution in [2.45, 2.75) is 39.3 Å². The van der Waals surface area contributed by atoms with Crippen LogP contribution in [-0.4, -0.2) is 30.6 Å². The summed E-state index contributed by atoms with van der Waals surface area (Å²) in [4.78, 5) is 2.55. The lowest BCUT2D eigenvalue weighted by Gasteiger charge is -2.23. The standard InChI is InChI=1S/C16H23N3/c1-3-19-8-4-5-16(19)12-18-11-15-7-6-14(10-17)9-13(15)2/h6-7,9,16,18H,3-5,8,11-12H2,1-2H3. The molecule has 1 aliphatic rings. The molecule has 1 aromatic rings. The second-order valence-electron chi connectivity index (χ2n) is 5.31. The molecule has 0 aliphatic carbocycles. The lowest BCUT2D eigenvalue weighted by molar-refractivity contribution is 0.260. The van der Waals surface area contributed by atoms with Gasteiger partial charge in [0, 0.05) is 19.1 Å². The topological polar surface area (TPSA) is 39.1 Å². The van der Waals surface area contributed by atoms with Gasteiger partial charge in [0.15, 0.2) is 0 Å². The van der Waals surface area contributed by atoms with Crippen molar-refractivity contribution in [1.29, 1.82) is 5.26 Å². The summed E-state index contributed by atoms with van der Waals surface area (Å²) < 4.78 is 0. The third kappa shape index (κ3) is 3.56. The predicted octanol–water partition coefficient (Wildman–Crippen LogP) is 2.44. The van der Waals surface area contributed by atoms with Gasteiger partial charge >= 0.3 is 0 Å². The Balaban J connectivity index is 1.84. The SMILES string of the molecule is CCN1CCCC1CNCc1ccc(C#N)cc1C. The lowest BCUT2D eigenvalue weighted by atomic mass is 10.1. The number of aryl methyl sites for hydroxylation is 1. The highest BCUT2D eigenvalue weighted by molar-refractivity contribution is 5.37. The van der Waals surface area contributed by atoms with Crippen molar-refractivity contribution in [3.63, 3.8) is 0 Å². The van der Waals surface area contributed by atoms with E-state index in [0.717, 1.165) is 25.2 Å². The van der Waals surface area contributed by atoms with Gasteiger partial charge in [-0.2, -0.15) is 5.26 Å². The molecule has 1 saturated heterocycles. The Hall–Kier alpha value is -1.37. The monoisotopic (exact) mass is 257 g/mol. The first-order valence-electron chi connectivity index (χ1n) is 7.19. The highest BCUT2D eigenvalue weighted by Crippen LogP contribution is 2.16. The number of hydrogen-bond donors (Lipinski definition) is 1. The second kappa shape index (κ2) is 6.70. The van der Waals surface area contributed by atoms with E-state index in [1.165, 1.54) is 30.5 Å². The fourth-order valence-electron chi connectivity index (χ4n) is 2.88. The molecule has 1 fully saturated rings. The van der Waals surface area contributed by atoms with Gasteiger partial charge in [-0.15, -0.1) is 0 Å². The van der Waals surface area contributed by atoms with Crippen molar-refractivity contribution in [1.82, 2.24) is 10.2 Å². The molecule has 2 rings (SSSR count). The van der Waals surface area contributed by atoms with E-state index in [1.54, 1.807) is 0 Å². The zero-order valence-corrected chi connectivity index (χ0v) is 11.9. The average molecular weight is 257 g/mol. The van der Waals surface area contributed by atoms with Gasteiger partial charge < -0.3 is 5.32 Å². The maximum Gasteiger partial charge on any atom is 0.0991 e. The fourth-order valence-corrected chi connectivity index (χ4v) is 2.88. The van der Waals surface area contributed by atoms with Crippen LogP contribution in [-0.2, 0) is 6.54 Å². The molecule has 1 aliphatic heterocycles. The van der Waals surface area contributed by atoms with E-state index in [-0.39, 0.29) is 0 Å². The van der Waals surface area contributed by atoms with Crippen molar-refractivity contribution >= 4 is 0 Å². The minimum atomic E-state index is 0.698. The van der Waals surface area contributed by atoms with E-state index in [1.807, 2.05) is 12.1 Å². The molecule has 1 N–H and O–H groups in total. The molecule has 3 heteroatoms. The number of nitrogens with one attached hydrogen (secondary N) is 1. The van der Waals surface area contributed by atoms with Crippen LogP contribution in [0, 0.1) is 18.3 Å². The summed E-state index contributed by atoms with van der Waals surface area (Å²) in [6, 6.07) is 8.81. The summed E-state index contributed by atoms with van der Waals surface area (Å²) in [6.45, 7) is 8.68. The Morgan fingerprint density at radius 3 is 3.00 bits per heavy atom. The first-order valence-corrected chi connectivity index (χ1v) is 7.19. The van der Waals surface area contributed by atoms with Crippen molar-refractivity contribution < 1.29 is 0 Å². The van der Waals surface area contributed by atoms with Crippen LogP contribution in [0.4, 0.5) is 0 Å². The van der Waals surface area contributed by atoms with Crippen molar-refractivity contribution in [3.8, 4) is 6.07 Å². The van der Waals surface area contributed by atoms with Gasteiger partial charge in [0.25, 0.3) is 0 Å². The average Bonchev–Trinajstić information content (AvgIpc) is 2.88. The summed E-state index contributed by atoms with van der Waals surface area (Å²) >= 11 is 0. The normalized spacial score (nSPS) is 19.5. The third-order valence-corrected chi connectivity index (χ3v) is 4.07. The molecule has 1 unspecified atom stereocenters. The van der Waals surface area contributed by atoms with Gasteiger partial charge in [-0.1, -0.05) is 13.0 Å². The minimum Gasteiger partial charge on any atom is -0.311 e. The van der Waals surface area contributed by atoms with Crippen LogP contribution in [0.15, 0.2) is 18.2 Å². The molecule has 102 valence electrons. The van der Waals surface area contributed by atoms with E-state index in [2.05, 4.69) is 36.2 Å². The van der Waals surface area contributed by atoms with Crippen LogP contribution in [0.2, 0.25) is 0 Å². The zero-order chi connectivity index (χ0) is 13.7. The molecular weight excluding hydrogens is 234 g/mol. The first-order chi connectivity index (χ1) is 9.24. The van der Waals surface area contributed by atoms with Gasteiger partial charge in [0.1, 0.15) is 0 Å². The van der Waals surface area contributed by atoms with E-state index in [4.69, 9.17) is 5.26 Å². The quantitative estimate of drug-likeness (QED) is 0.880. The van der Waals surface area contributed by atoms with E-state index in [9.17, 15) is 0 Å². The van der Waals surface area contributed by atoms with E-state index < -0.39 is 0 Å². The van der Waals surface area contributed by atoms with Gasteiger partial charge in [-0.3, -0.25) is 4.90 Å². The summed E-state index contributed by atoms with van der Waals surface area (Å²) in [5, 5.41) is 12.4. The molecule has 0 saturated carbocycles. The summed E-state index contributed by atoms with van der Waals surface area (Å²) in [5.41, 5.74) is 3.24. The highest BCUT2D eigenvalue weighted by Gasteiger charge is 2.22. The minimum absolute atomic E-state index is 0.698. The highest BCUT2D eigenvalue weighted by atomic mass is 15.2. The summed E-state index contributed by atoms with van der Waals surface area (Å²) in [7, 11) is 0. The second-order valence-corrected chi connectivity index (χ2v) is 5.31. The molecular formula is C16H23N3. The predicted molar refractivity (Wildman–Crippen MR) is 77.9 cm³/mol. The van der Waals surface area contributed by atoms with E-state index in [0.29, 0.717) is 6.04 Å². The fraction of sp³-hybridized carbons (Fsp3) is 0.562. The van der Waals surface area contributed by atoms with Crippen LogP contribution >= 0.6 is 0 Å². The molecule has 1 aromatic carbocycles. The molecule has 0 amide bonds. The van der Waals surface area contributed by atoms with Crippen LogP contribution in [0.1, 0.15) is 36.5 Å². The summed E-state index contributed by atoms with van der Waals surface area (Å²) in [5.74, 6) is 0. The number of rotatable bonds is 5. The van der Waals surface area contributed by atoms with Crippen LogP contribution in [0.5, 0.6) is 0 Å². The maximum atomic E-state index is 8.86. The lowest BCUT2D eigenvalue weighted by Crippen LogP contribution is -2.37. The van der Waals surface area contributed by atoms with E-state index >= 15 is 0 Å². The van der Waals surface area contributed by atoms with Gasteiger partial charge in [-0.05, 0) is 56.1 Å². The molecule has 0 aromatic heterocycles. The molecule has 0 spiro atoms. The molecule has 0 radical (unpaired) electrons. The largest absolute Gasteiger partial charge is 0.311 e. The van der Waals surface area contributed by atoms with Crippen molar-refractivity contribution in [2.24, 2.45) is 0 Å². The van der Waals surface area contributed by atoms with Gasteiger partial charge in [0.2, 0.25) is 0 Å². The maximum absolute atomic E-state index is 8.86. The van der Waals surface area contributed by atoms with Gasteiger partial charge in [0.05, 0.1) is 11.6 Å². The Morgan fingerprint density at radius 2 is 2.32 bits per heavy atom. The molecule has 0 bridgehead atoms. The Bertz CT molecular complexity index is 462. The number of nitrogens with zero attached hydrogens (tertiary/aromatic N) is 2. The smallest absolute Gasteiger partial charge is 0.0991 e. The van der Waals surface area contributed by atoms with Crippen LogP contribution in [0.25, 0.3) is 0 Å². The summed E-state index contributed by atoms with van der Waals surface area (Å²) in [6.07, 6.45) is 2.64. The molecule has 1 heterocycles. The zero-order valence-electron chi connectivity index (χ0n) is 11.9. The molecule has 3 nitrogen and oxygen atoms in total. The number of nitriles is 1. The number of likely N-dealkylation sites (N-methyl/N-ethyl adjacent to an activating group) is 1. The van der Waals surface area contributed by atoms with Crippen LogP contribution in [0.3, 0.4) is 0 Å². The van der Waals surface area contributed by atoms with Crippen molar-refractivity contribution in [3.05, 3.63) is 34.9 Å². The van der Waals surface area contributed by atoms with Gasteiger partial charge in [-0.25, -0.2) is 0 Å². The first kappa shape index (κ1) is 14.0. The Morgan fingerprint density at radius 1 is 1.47 bits per heavy atom. The van der Waals surface area contributed by atoms with Crippen LogP contribution < -0.4 is 5.32 Å². The number of hydrogen-bond acceptors (Lipinski definition) is 3. The van der Waals surface area contributed by atoms with Crippen molar-refractivity contribution in [2.75, 3.05) is 19.6 Å². The third-order valence-electron chi connectivity index (χ3n) is 4.07. The Kier molecular flexibility index (Phi) is 4.95. The molecule has 1 atom stereocenters. The number of likely N-dealkylation sites (tertiary alicyclic amines) is 1. The Labute approximate surface area is 116 Å². The number of benzene rings is 1.